The predicted molar refractivity (Wildman–Crippen MR) is 80.2 cm³/mol. The lowest BCUT2D eigenvalue weighted by Gasteiger charge is -2.30. The van der Waals surface area contributed by atoms with E-state index in [-0.39, 0.29) is 12.5 Å². The summed E-state index contributed by atoms with van der Waals surface area (Å²) in [5.41, 5.74) is 0.995. The molecule has 0 spiro atoms. The monoisotopic (exact) mass is 327 g/mol. The van der Waals surface area contributed by atoms with Gasteiger partial charge in [0.05, 0.1) is 6.61 Å². The van der Waals surface area contributed by atoms with Crippen LogP contribution < -0.4 is 0 Å². The van der Waals surface area contributed by atoms with Crippen LogP contribution >= 0.6 is 0 Å². The zero-order chi connectivity index (χ0) is 16.8. The lowest BCUT2D eigenvalue weighted by Crippen LogP contribution is -2.38. The number of alkyl halides is 1. The lowest BCUT2D eigenvalue weighted by atomic mass is 9.96. The Labute approximate surface area is 134 Å². The number of aromatic amines is 1. The number of ether oxygens (including phenoxy) is 2. The molecule has 0 aromatic carbocycles. The van der Waals surface area contributed by atoms with E-state index < -0.39 is 18.7 Å². The summed E-state index contributed by atoms with van der Waals surface area (Å²) in [6.45, 7) is 3.99. The number of hydrogen-bond acceptors (Lipinski definition) is 5. The Balaban J connectivity index is 1.94. The molecule has 0 radical (unpaired) electrons. The standard InChI is InChI=1S/C15H22FN3O4/c1-3-22-14(20)12-10(2)17-13(18-12)11-4-7-19(8-5-11)15(21)23-9-6-16/h11H,3-9H2,1-2H3,(H,17,18). The molecule has 0 bridgehead atoms. The fourth-order valence-electron chi connectivity index (χ4n) is 2.63. The summed E-state index contributed by atoms with van der Waals surface area (Å²) in [7, 11) is 0. The summed E-state index contributed by atoms with van der Waals surface area (Å²) in [5.74, 6) is 0.448. The summed E-state index contributed by atoms with van der Waals surface area (Å²) in [6.07, 6.45) is 0.934. The predicted octanol–water partition coefficient (Wildman–Crippen LogP) is 2.18. The number of carbonyl (C=O) groups is 2. The molecule has 1 aromatic heterocycles. The van der Waals surface area contributed by atoms with Gasteiger partial charge in [-0.1, -0.05) is 0 Å². The van der Waals surface area contributed by atoms with E-state index in [1.165, 1.54) is 0 Å². The summed E-state index contributed by atoms with van der Waals surface area (Å²) < 4.78 is 21.8. The number of carbonyl (C=O) groups excluding carboxylic acids is 2. The quantitative estimate of drug-likeness (QED) is 0.838. The van der Waals surface area contributed by atoms with E-state index >= 15 is 0 Å². The third-order valence-corrected chi connectivity index (χ3v) is 3.81. The number of hydrogen-bond donors (Lipinski definition) is 1. The van der Waals surface area contributed by atoms with E-state index in [1.54, 1.807) is 18.7 Å². The second-order valence-electron chi connectivity index (χ2n) is 5.38. The number of H-pyrrole nitrogens is 1. The Bertz CT molecular complexity index is 553. The first-order valence-electron chi connectivity index (χ1n) is 7.78. The van der Waals surface area contributed by atoms with Crippen molar-refractivity contribution in [2.75, 3.05) is 33.0 Å². The van der Waals surface area contributed by atoms with Gasteiger partial charge in [-0.3, -0.25) is 0 Å². The van der Waals surface area contributed by atoms with Gasteiger partial charge >= 0.3 is 12.1 Å². The number of nitrogens with zero attached hydrogens (tertiary/aromatic N) is 2. The van der Waals surface area contributed by atoms with Gasteiger partial charge in [-0.05, 0) is 26.7 Å². The SMILES string of the molecule is CCOC(=O)c1nc(C2CCN(C(=O)OCCF)CC2)[nH]c1C. The number of esters is 1. The number of aromatic nitrogens is 2. The van der Waals surface area contributed by atoms with Crippen molar-refractivity contribution in [3.05, 3.63) is 17.2 Å². The fraction of sp³-hybridized carbons (Fsp3) is 0.667. The average molecular weight is 327 g/mol. The van der Waals surface area contributed by atoms with Gasteiger partial charge < -0.3 is 19.4 Å². The Kier molecular flexibility index (Phi) is 5.95. The van der Waals surface area contributed by atoms with E-state index in [2.05, 4.69) is 9.97 Å². The highest BCUT2D eigenvalue weighted by Gasteiger charge is 2.28. The molecule has 1 aromatic rings. The van der Waals surface area contributed by atoms with Crippen LogP contribution in [-0.2, 0) is 9.47 Å². The van der Waals surface area contributed by atoms with E-state index in [1.807, 2.05) is 0 Å². The number of nitrogens with one attached hydrogen (secondary N) is 1. The van der Waals surface area contributed by atoms with Crippen molar-refractivity contribution < 1.29 is 23.5 Å². The molecule has 1 amide bonds. The van der Waals surface area contributed by atoms with Gasteiger partial charge in [-0.15, -0.1) is 0 Å². The number of amides is 1. The summed E-state index contributed by atoms with van der Waals surface area (Å²) in [6, 6.07) is 0. The molecule has 128 valence electrons. The zero-order valence-electron chi connectivity index (χ0n) is 13.4. The van der Waals surface area contributed by atoms with Crippen molar-refractivity contribution in [1.82, 2.24) is 14.9 Å². The Morgan fingerprint density at radius 2 is 2.04 bits per heavy atom. The number of imidazole rings is 1. The molecule has 0 unspecified atom stereocenters. The molecule has 0 atom stereocenters. The van der Waals surface area contributed by atoms with Crippen molar-refractivity contribution in [1.29, 1.82) is 0 Å². The smallest absolute Gasteiger partial charge is 0.409 e. The van der Waals surface area contributed by atoms with Crippen LogP contribution in [0.1, 0.15) is 47.7 Å². The maximum absolute atomic E-state index is 12.0. The first-order chi connectivity index (χ1) is 11.1. The molecular formula is C15H22FN3O4. The second-order valence-corrected chi connectivity index (χ2v) is 5.38. The van der Waals surface area contributed by atoms with Crippen LogP contribution in [0.15, 0.2) is 0 Å². The van der Waals surface area contributed by atoms with E-state index in [0.717, 1.165) is 5.82 Å². The van der Waals surface area contributed by atoms with Crippen LogP contribution in [0.2, 0.25) is 0 Å². The van der Waals surface area contributed by atoms with Gasteiger partial charge in [-0.2, -0.15) is 0 Å². The van der Waals surface area contributed by atoms with Crippen molar-refractivity contribution in [2.24, 2.45) is 0 Å². The van der Waals surface area contributed by atoms with Gasteiger partial charge in [0.2, 0.25) is 0 Å². The third kappa shape index (κ3) is 4.20. The minimum atomic E-state index is -0.676. The van der Waals surface area contributed by atoms with Gasteiger partial charge in [0.1, 0.15) is 19.1 Å². The minimum absolute atomic E-state index is 0.141. The highest BCUT2D eigenvalue weighted by molar-refractivity contribution is 5.88. The minimum Gasteiger partial charge on any atom is -0.461 e. The molecule has 1 saturated heterocycles. The Morgan fingerprint density at radius 3 is 2.65 bits per heavy atom. The maximum Gasteiger partial charge on any atom is 0.409 e. The molecule has 1 fully saturated rings. The van der Waals surface area contributed by atoms with Gasteiger partial charge in [0, 0.05) is 24.7 Å². The molecule has 0 aliphatic carbocycles. The molecular weight excluding hydrogens is 305 g/mol. The fourth-order valence-corrected chi connectivity index (χ4v) is 2.63. The molecule has 1 N–H and O–H groups in total. The summed E-state index contributed by atoms with van der Waals surface area (Å²) in [5, 5.41) is 0. The van der Waals surface area contributed by atoms with Crippen molar-refractivity contribution in [3.63, 3.8) is 0 Å². The normalized spacial score (nSPS) is 15.5. The molecule has 2 rings (SSSR count). The van der Waals surface area contributed by atoms with E-state index in [9.17, 15) is 14.0 Å². The number of rotatable bonds is 5. The maximum atomic E-state index is 12.0. The Morgan fingerprint density at radius 1 is 1.35 bits per heavy atom. The number of aryl methyl sites for hydroxylation is 1. The van der Waals surface area contributed by atoms with Crippen LogP contribution in [-0.4, -0.2) is 59.9 Å². The van der Waals surface area contributed by atoms with Crippen LogP contribution in [0.25, 0.3) is 0 Å². The second kappa shape index (κ2) is 7.94. The molecule has 8 heteroatoms. The van der Waals surface area contributed by atoms with E-state index in [4.69, 9.17) is 9.47 Å². The molecule has 23 heavy (non-hydrogen) atoms. The van der Waals surface area contributed by atoms with Crippen LogP contribution in [0, 0.1) is 6.92 Å². The van der Waals surface area contributed by atoms with Gasteiger partial charge in [0.15, 0.2) is 5.69 Å². The molecule has 7 nitrogen and oxygen atoms in total. The largest absolute Gasteiger partial charge is 0.461 e. The molecule has 2 heterocycles. The molecule has 0 saturated carbocycles. The molecule has 1 aliphatic heterocycles. The van der Waals surface area contributed by atoms with Crippen molar-refractivity contribution >= 4 is 12.1 Å². The molecule has 1 aliphatic rings. The van der Waals surface area contributed by atoms with Gasteiger partial charge in [0.25, 0.3) is 0 Å². The lowest BCUT2D eigenvalue weighted by molar-refractivity contribution is 0.0519. The zero-order valence-corrected chi connectivity index (χ0v) is 13.4. The first kappa shape index (κ1) is 17.2. The van der Waals surface area contributed by atoms with Crippen molar-refractivity contribution in [3.8, 4) is 0 Å². The van der Waals surface area contributed by atoms with Crippen molar-refractivity contribution in [2.45, 2.75) is 32.6 Å². The number of piperidine rings is 1. The van der Waals surface area contributed by atoms with E-state index in [0.29, 0.717) is 43.9 Å². The first-order valence-corrected chi connectivity index (χ1v) is 7.78. The van der Waals surface area contributed by atoms with Crippen LogP contribution in [0.3, 0.4) is 0 Å². The van der Waals surface area contributed by atoms with Crippen LogP contribution in [0.4, 0.5) is 9.18 Å². The third-order valence-electron chi connectivity index (χ3n) is 3.81. The average Bonchev–Trinajstić information content (AvgIpc) is 2.95. The number of likely N-dealkylation sites (tertiary alicyclic amines) is 1. The highest BCUT2D eigenvalue weighted by Crippen LogP contribution is 2.27. The summed E-state index contributed by atoms with van der Waals surface area (Å²) in [4.78, 5) is 32.5. The topological polar surface area (TPSA) is 84.5 Å². The van der Waals surface area contributed by atoms with Gasteiger partial charge in [-0.25, -0.2) is 19.0 Å². The summed E-state index contributed by atoms with van der Waals surface area (Å²) >= 11 is 0. The van der Waals surface area contributed by atoms with Crippen LogP contribution in [0.5, 0.6) is 0 Å². The Hall–Kier alpha value is -2.12. The number of halogens is 1. The highest BCUT2D eigenvalue weighted by atomic mass is 19.1.